The summed E-state index contributed by atoms with van der Waals surface area (Å²) in [5, 5.41) is 23.1. The van der Waals surface area contributed by atoms with Gasteiger partial charge in [0.2, 0.25) is 5.91 Å². The second-order valence-electron chi connectivity index (χ2n) is 18.6. The molecule has 0 spiro atoms. The standard InChI is InChI=1S/C56H107NO3/c1-3-5-7-9-11-13-15-17-19-21-23-25-26-27-28-29-30-31-32-34-36-38-40-42-44-46-48-50-52-56(60)57-54(53-58)55(59)51-49-47-45-43-41-39-37-35-33-24-22-20-18-16-14-12-10-8-6-4-2/h33,35,41,43,49,51,54-55,58-59H,3-32,34,36-40,42,44-48,50,52-53H2,1-2H3,(H,57,60)/b35-33+,43-41+,51-49+. The smallest absolute Gasteiger partial charge is 0.220 e. The number of carbonyl (C=O) groups excluding carboxylic acids is 1. The molecule has 0 aliphatic heterocycles. The van der Waals surface area contributed by atoms with Crippen LogP contribution in [-0.2, 0) is 4.79 Å². The lowest BCUT2D eigenvalue weighted by atomic mass is 10.0. The average molecular weight is 842 g/mol. The second-order valence-corrected chi connectivity index (χ2v) is 18.6. The van der Waals surface area contributed by atoms with Crippen LogP contribution in [0.4, 0.5) is 0 Å². The van der Waals surface area contributed by atoms with Gasteiger partial charge in [-0.25, -0.2) is 0 Å². The van der Waals surface area contributed by atoms with Gasteiger partial charge in [-0.1, -0.05) is 281 Å². The Morgan fingerprint density at radius 1 is 0.383 bits per heavy atom. The van der Waals surface area contributed by atoms with Crippen molar-refractivity contribution in [3.8, 4) is 0 Å². The van der Waals surface area contributed by atoms with Crippen LogP contribution < -0.4 is 5.32 Å². The highest BCUT2D eigenvalue weighted by Gasteiger charge is 2.18. The van der Waals surface area contributed by atoms with E-state index in [0.717, 1.165) is 38.5 Å². The van der Waals surface area contributed by atoms with Gasteiger partial charge in [0.1, 0.15) is 0 Å². The summed E-state index contributed by atoms with van der Waals surface area (Å²) in [4.78, 5) is 12.5. The van der Waals surface area contributed by atoms with Crippen LogP contribution in [0, 0.1) is 0 Å². The monoisotopic (exact) mass is 842 g/mol. The van der Waals surface area contributed by atoms with E-state index in [1.54, 1.807) is 6.08 Å². The van der Waals surface area contributed by atoms with Crippen LogP contribution in [0.2, 0.25) is 0 Å². The number of hydrogen-bond acceptors (Lipinski definition) is 3. The maximum absolute atomic E-state index is 12.5. The van der Waals surface area contributed by atoms with Crippen LogP contribution >= 0.6 is 0 Å². The summed E-state index contributed by atoms with van der Waals surface area (Å²) in [6.45, 7) is 4.32. The third kappa shape index (κ3) is 47.7. The number of hydrogen-bond donors (Lipinski definition) is 3. The first-order valence-corrected chi connectivity index (χ1v) is 27.2. The van der Waals surface area contributed by atoms with Crippen molar-refractivity contribution < 1.29 is 15.0 Å². The predicted molar refractivity (Wildman–Crippen MR) is 267 cm³/mol. The van der Waals surface area contributed by atoms with Crippen molar-refractivity contribution in [2.75, 3.05) is 6.61 Å². The molecule has 60 heavy (non-hydrogen) atoms. The zero-order chi connectivity index (χ0) is 43.5. The molecule has 0 aliphatic carbocycles. The highest BCUT2D eigenvalue weighted by Crippen LogP contribution is 2.17. The fourth-order valence-corrected chi connectivity index (χ4v) is 8.45. The highest BCUT2D eigenvalue weighted by molar-refractivity contribution is 5.76. The molecule has 2 unspecified atom stereocenters. The highest BCUT2D eigenvalue weighted by atomic mass is 16.3. The molecule has 354 valence electrons. The maximum Gasteiger partial charge on any atom is 0.220 e. The summed E-state index contributed by atoms with van der Waals surface area (Å²) < 4.78 is 0. The van der Waals surface area contributed by atoms with Crippen molar-refractivity contribution in [1.82, 2.24) is 5.32 Å². The first-order chi connectivity index (χ1) is 29.7. The Morgan fingerprint density at radius 3 is 0.967 bits per heavy atom. The van der Waals surface area contributed by atoms with Crippen LogP contribution in [0.25, 0.3) is 0 Å². The van der Waals surface area contributed by atoms with E-state index in [4.69, 9.17) is 0 Å². The summed E-state index contributed by atoms with van der Waals surface area (Å²) >= 11 is 0. The number of aliphatic hydroxyl groups excluding tert-OH is 2. The molecule has 2 atom stereocenters. The van der Waals surface area contributed by atoms with Gasteiger partial charge < -0.3 is 15.5 Å². The predicted octanol–water partition coefficient (Wildman–Crippen LogP) is 17.7. The van der Waals surface area contributed by atoms with E-state index in [1.807, 2.05) is 6.08 Å². The second kappa shape index (κ2) is 52.0. The van der Waals surface area contributed by atoms with E-state index in [0.29, 0.717) is 6.42 Å². The Morgan fingerprint density at radius 2 is 0.650 bits per heavy atom. The van der Waals surface area contributed by atoms with E-state index in [1.165, 1.54) is 238 Å². The van der Waals surface area contributed by atoms with Crippen LogP contribution in [0.5, 0.6) is 0 Å². The van der Waals surface area contributed by atoms with Gasteiger partial charge in [0, 0.05) is 6.42 Å². The molecule has 0 rings (SSSR count). The van der Waals surface area contributed by atoms with Gasteiger partial charge in [-0.15, -0.1) is 0 Å². The molecule has 0 saturated carbocycles. The summed E-state index contributed by atoms with van der Waals surface area (Å²) in [5.74, 6) is -0.0724. The fraction of sp³-hybridized carbons (Fsp3) is 0.875. The van der Waals surface area contributed by atoms with Crippen LogP contribution in [0.1, 0.15) is 296 Å². The molecule has 3 N–H and O–H groups in total. The maximum atomic E-state index is 12.5. The molecular weight excluding hydrogens is 735 g/mol. The molecule has 0 aromatic rings. The molecular formula is C56H107NO3. The molecule has 4 nitrogen and oxygen atoms in total. The SMILES string of the molecule is CCCCCCCCCCCC/C=C/CC/C=C/CC/C=C/C(O)C(CO)NC(=O)CCCCCCCCCCCCCCCCCCCCCCCCCCCCCC. The minimum absolute atomic E-state index is 0.0724. The molecule has 0 heterocycles. The molecule has 0 aliphatic rings. The van der Waals surface area contributed by atoms with Crippen LogP contribution in [0.15, 0.2) is 36.5 Å². The number of carbonyl (C=O) groups is 1. The Balaban J connectivity index is 3.51. The minimum atomic E-state index is -0.868. The van der Waals surface area contributed by atoms with Gasteiger partial charge in [-0.2, -0.15) is 0 Å². The lowest BCUT2D eigenvalue weighted by molar-refractivity contribution is -0.123. The first-order valence-electron chi connectivity index (χ1n) is 27.2. The van der Waals surface area contributed by atoms with Crippen molar-refractivity contribution in [2.24, 2.45) is 0 Å². The van der Waals surface area contributed by atoms with Gasteiger partial charge in [-0.05, 0) is 44.9 Å². The van der Waals surface area contributed by atoms with Crippen molar-refractivity contribution >= 4 is 5.91 Å². The summed E-state index contributed by atoms with van der Waals surface area (Å²) in [7, 11) is 0. The van der Waals surface area contributed by atoms with Crippen molar-refractivity contribution in [1.29, 1.82) is 0 Å². The van der Waals surface area contributed by atoms with Crippen molar-refractivity contribution in [2.45, 2.75) is 309 Å². The van der Waals surface area contributed by atoms with Gasteiger partial charge in [0.15, 0.2) is 0 Å². The zero-order valence-electron chi connectivity index (χ0n) is 40.7. The Kier molecular flexibility index (Phi) is 50.8. The minimum Gasteiger partial charge on any atom is -0.394 e. The van der Waals surface area contributed by atoms with E-state index in [-0.39, 0.29) is 12.5 Å². The molecule has 0 saturated heterocycles. The van der Waals surface area contributed by atoms with Crippen molar-refractivity contribution in [3.63, 3.8) is 0 Å². The fourth-order valence-electron chi connectivity index (χ4n) is 8.45. The molecule has 1 amide bonds. The summed E-state index contributed by atoms with van der Waals surface area (Å²) in [6.07, 6.45) is 70.2. The van der Waals surface area contributed by atoms with Gasteiger partial charge in [0.25, 0.3) is 0 Å². The molecule has 0 fully saturated rings. The lowest BCUT2D eigenvalue weighted by Gasteiger charge is -2.19. The third-order valence-corrected chi connectivity index (χ3v) is 12.6. The first kappa shape index (κ1) is 58.6. The normalized spacial score (nSPS) is 13.1. The van der Waals surface area contributed by atoms with Crippen molar-refractivity contribution in [3.05, 3.63) is 36.5 Å². The number of unbranched alkanes of at least 4 members (excludes halogenated alkanes) is 39. The number of nitrogens with one attached hydrogen (secondary N) is 1. The molecule has 0 radical (unpaired) electrons. The molecule has 0 aromatic heterocycles. The number of allylic oxidation sites excluding steroid dienone is 5. The Labute approximate surface area is 376 Å². The lowest BCUT2D eigenvalue weighted by Crippen LogP contribution is -2.45. The molecule has 0 aromatic carbocycles. The largest absolute Gasteiger partial charge is 0.394 e. The third-order valence-electron chi connectivity index (χ3n) is 12.6. The zero-order valence-corrected chi connectivity index (χ0v) is 40.7. The number of rotatable bonds is 50. The van der Waals surface area contributed by atoms with Gasteiger partial charge in [0.05, 0.1) is 18.8 Å². The van der Waals surface area contributed by atoms with E-state index < -0.39 is 12.1 Å². The quantitative estimate of drug-likeness (QED) is 0.0422. The molecule has 0 bridgehead atoms. The number of amides is 1. The summed E-state index contributed by atoms with van der Waals surface area (Å²) in [5.41, 5.74) is 0. The summed E-state index contributed by atoms with van der Waals surface area (Å²) in [6, 6.07) is -0.643. The van der Waals surface area contributed by atoms with Gasteiger partial charge in [-0.3, -0.25) is 4.79 Å². The average Bonchev–Trinajstić information content (AvgIpc) is 3.25. The Hall–Kier alpha value is -1.39. The van der Waals surface area contributed by atoms with E-state index in [9.17, 15) is 15.0 Å². The number of aliphatic hydroxyl groups is 2. The van der Waals surface area contributed by atoms with Crippen LogP contribution in [0.3, 0.4) is 0 Å². The van der Waals surface area contributed by atoms with E-state index >= 15 is 0 Å². The Bertz CT molecular complexity index is 912. The van der Waals surface area contributed by atoms with E-state index in [2.05, 4.69) is 43.5 Å². The molecule has 4 heteroatoms. The topological polar surface area (TPSA) is 69.6 Å². The van der Waals surface area contributed by atoms with Gasteiger partial charge >= 0.3 is 0 Å². The van der Waals surface area contributed by atoms with Crippen LogP contribution in [-0.4, -0.2) is 34.9 Å².